The summed E-state index contributed by atoms with van der Waals surface area (Å²) in [5.74, 6) is 0.248. The van der Waals surface area contributed by atoms with Crippen LogP contribution in [0.2, 0.25) is 0 Å². The zero-order valence-electron chi connectivity index (χ0n) is 15.1. The van der Waals surface area contributed by atoms with Gasteiger partial charge in [-0.05, 0) is 31.7 Å². The third-order valence-corrected chi connectivity index (χ3v) is 5.45. The minimum absolute atomic E-state index is 0.0260. The summed E-state index contributed by atoms with van der Waals surface area (Å²) in [6.07, 6.45) is 4.40. The van der Waals surface area contributed by atoms with Crippen LogP contribution in [0.4, 0.5) is 4.39 Å². The summed E-state index contributed by atoms with van der Waals surface area (Å²) in [6.45, 7) is 4.31. The van der Waals surface area contributed by atoms with Crippen molar-refractivity contribution in [2.45, 2.75) is 50.9 Å². The molecule has 1 saturated heterocycles. The lowest BCUT2D eigenvalue weighted by Gasteiger charge is -2.40. The van der Waals surface area contributed by atoms with Crippen molar-refractivity contribution in [3.8, 4) is 0 Å². The van der Waals surface area contributed by atoms with E-state index in [1.165, 1.54) is 0 Å². The summed E-state index contributed by atoms with van der Waals surface area (Å²) >= 11 is 0. The maximum absolute atomic E-state index is 13.7. The Morgan fingerprint density at radius 2 is 2.20 bits per heavy atom. The Kier molecular flexibility index (Phi) is 5.74. The number of halogens is 1. The summed E-state index contributed by atoms with van der Waals surface area (Å²) in [6, 6.07) is 1.94. The molecule has 2 heterocycles. The first-order chi connectivity index (χ1) is 11.9. The van der Waals surface area contributed by atoms with Gasteiger partial charge in [-0.2, -0.15) is 5.10 Å². The largest absolute Gasteiger partial charge is 0.381 e. The summed E-state index contributed by atoms with van der Waals surface area (Å²) in [4.78, 5) is 12.8. The number of hydrogen-bond acceptors (Lipinski definition) is 4. The molecule has 0 bridgehead atoms. The van der Waals surface area contributed by atoms with E-state index in [1.54, 1.807) is 13.1 Å². The number of rotatable bonds is 7. The number of nitrogens with one attached hydrogen (secondary N) is 2. The van der Waals surface area contributed by atoms with Gasteiger partial charge in [0, 0.05) is 58.4 Å². The van der Waals surface area contributed by atoms with Crippen LogP contribution in [0.25, 0.3) is 0 Å². The van der Waals surface area contributed by atoms with Crippen molar-refractivity contribution in [1.29, 1.82) is 0 Å². The Morgan fingerprint density at radius 1 is 1.48 bits per heavy atom. The highest BCUT2D eigenvalue weighted by atomic mass is 19.1. The Labute approximate surface area is 148 Å². The maximum Gasteiger partial charge on any atom is 0.224 e. The predicted octanol–water partition coefficient (Wildman–Crippen LogP) is 1.56. The molecule has 1 aliphatic heterocycles. The molecule has 2 aliphatic rings. The first-order valence-corrected chi connectivity index (χ1v) is 9.19. The van der Waals surface area contributed by atoms with E-state index in [4.69, 9.17) is 4.74 Å². The third kappa shape index (κ3) is 4.79. The molecule has 0 aromatic carbocycles. The number of aryl methyl sites for hydroxylation is 1. The molecule has 1 saturated carbocycles. The van der Waals surface area contributed by atoms with E-state index >= 15 is 0 Å². The highest BCUT2D eigenvalue weighted by molar-refractivity contribution is 5.79. The van der Waals surface area contributed by atoms with E-state index in [2.05, 4.69) is 15.7 Å². The smallest absolute Gasteiger partial charge is 0.224 e. The average Bonchev–Trinajstić information content (AvgIpc) is 2.95. The van der Waals surface area contributed by atoms with Crippen molar-refractivity contribution >= 4 is 5.91 Å². The molecule has 7 heteroatoms. The van der Waals surface area contributed by atoms with Gasteiger partial charge in [-0.1, -0.05) is 0 Å². The molecule has 1 atom stereocenters. The number of alkyl halides is 1. The van der Waals surface area contributed by atoms with Gasteiger partial charge in [-0.3, -0.25) is 9.48 Å². The number of hydrogen-bond donors (Lipinski definition) is 2. The molecule has 1 unspecified atom stereocenters. The molecule has 140 valence electrons. The quantitative estimate of drug-likeness (QED) is 0.781. The van der Waals surface area contributed by atoms with Gasteiger partial charge in [0.1, 0.15) is 5.67 Å². The predicted molar refractivity (Wildman–Crippen MR) is 92.6 cm³/mol. The van der Waals surface area contributed by atoms with Crippen molar-refractivity contribution in [2.24, 2.45) is 18.9 Å². The van der Waals surface area contributed by atoms with Crippen molar-refractivity contribution < 1.29 is 13.9 Å². The Bertz CT molecular complexity index is 575. The van der Waals surface area contributed by atoms with E-state index in [-0.39, 0.29) is 17.9 Å². The van der Waals surface area contributed by atoms with Gasteiger partial charge in [0.25, 0.3) is 0 Å². The lowest BCUT2D eigenvalue weighted by atomic mass is 9.78. The van der Waals surface area contributed by atoms with Gasteiger partial charge in [-0.25, -0.2) is 4.39 Å². The SMILES string of the molecule is Cn1nccc1CNCC(C(=O)NC1CC(C)(F)C1)C1CCOCC1. The van der Waals surface area contributed by atoms with Crippen LogP contribution in [0.15, 0.2) is 12.3 Å². The molecule has 1 aromatic rings. The Morgan fingerprint density at radius 3 is 2.80 bits per heavy atom. The lowest BCUT2D eigenvalue weighted by Crippen LogP contribution is -2.54. The molecule has 2 fully saturated rings. The second kappa shape index (κ2) is 7.83. The normalized spacial score (nSPS) is 28.4. The van der Waals surface area contributed by atoms with E-state index in [0.29, 0.717) is 45.1 Å². The lowest BCUT2D eigenvalue weighted by molar-refractivity contribution is -0.130. The van der Waals surface area contributed by atoms with Crippen LogP contribution in [-0.4, -0.2) is 47.2 Å². The number of carbonyl (C=O) groups excluding carboxylic acids is 1. The minimum Gasteiger partial charge on any atom is -0.381 e. The van der Waals surface area contributed by atoms with Crippen LogP contribution in [0.1, 0.15) is 38.3 Å². The van der Waals surface area contributed by atoms with Crippen LogP contribution in [0.3, 0.4) is 0 Å². The van der Waals surface area contributed by atoms with E-state index in [0.717, 1.165) is 18.5 Å². The summed E-state index contributed by atoms with van der Waals surface area (Å²) in [5, 5.41) is 10.6. The molecular weight excluding hydrogens is 323 g/mol. The molecule has 1 aromatic heterocycles. The van der Waals surface area contributed by atoms with Crippen molar-refractivity contribution in [3.63, 3.8) is 0 Å². The van der Waals surface area contributed by atoms with Crippen molar-refractivity contribution in [1.82, 2.24) is 20.4 Å². The first-order valence-electron chi connectivity index (χ1n) is 9.19. The van der Waals surface area contributed by atoms with Gasteiger partial charge >= 0.3 is 0 Å². The van der Waals surface area contributed by atoms with Crippen LogP contribution in [0.5, 0.6) is 0 Å². The molecule has 2 N–H and O–H groups in total. The monoisotopic (exact) mass is 352 g/mol. The van der Waals surface area contributed by atoms with E-state index in [1.807, 2.05) is 17.8 Å². The highest BCUT2D eigenvalue weighted by Crippen LogP contribution is 2.36. The summed E-state index contributed by atoms with van der Waals surface area (Å²) in [5.41, 5.74) is -0.0393. The maximum atomic E-state index is 13.7. The van der Waals surface area contributed by atoms with Crippen molar-refractivity contribution in [3.05, 3.63) is 18.0 Å². The Balaban J connectivity index is 1.54. The summed E-state index contributed by atoms with van der Waals surface area (Å²) < 4.78 is 20.9. The zero-order chi connectivity index (χ0) is 17.9. The number of aromatic nitrogens is 2. The van der Waals surface area contributed by atoms with Crippen LogP contribution in [0, 0.1) is 11.8 Å². The number of nitrogens with zero attached hydrogens (tertiary/aromatic N) is 2. The molecule has 0 radical (unpaired) electrons. The van der Waals surface area contributed by atoms with Gasteiger partial charge < -0.3 is 15.4 Å². The summed E-state index contributed by atoms with van der Waals surface area (Å²) in [7, 11) is 1.91. The third-order valence-electron chi connectivity index (χ3n) is 5.45. The van der Waals surface area contributed by atoms with E-state index < -0.39 is 5.67 Å². The Hall–Kier alpha value is -1.47. The fourth-order valence-electron chi connectivity index (χ4n) is 3.90. The molecule has 0 spiro atoms. The van der Waals surface area contributed by atoms with Crippen LogP contribution >= 0.6 is 0 Å². The van der Waals surface area contributed by atoms with Gasteiger partial charge in [0.2, 0.25) is 5.91 Å². The number of ether oxygens (including phenoxy) is 1. The van der Waals surface area contributed by atoms with Gasteiger partial charge in [0.05, 0.1) is 11.6 Å². The van der Waals surface area contributed by atoms with Gasteiger partial charge in [-0.15, -0.1) is 0 Å². The molecular formula is C18H29FN4O2. The van der Waals surface area contributed by atoms with Gasteiger partial charge in [0.15, 0.2) is 0 Å². The average molecular weight is 352 g/mol. The molecule has 25 heavy (non-hydrogen) atoms. The fourth-order valence-corrected chi connectivity index (χ4v) is 3.90. The highest BCUT2D eigenvalue weighted by Gasteiger charge is 2.42. The minimum atomic E-state index is -1.12. The molecule has 1 aliphatic carbocycles. The molecule has 6 nitrogen and oxygen atoms in total. The second-order valence-electron chi connectivity index (χ2n) is 7.66. The second-order valence-corrected chi connectivity index (χ2v) is 7.66. The standard InChI is InChI=1S/C18H29FN4O2/c1-18(19)9-14(10-18)22-17(24)16(13-4-7-25-8-5-13)12-20-11-15-3-6-21-23(15)2/h3,6,13-14,16,20H,4-5,7-12H2,1-2H3,(H,22,24). The first kappa shape index (κ1) is 18.3. The van der Waals surface area contributed by atoms with E-state index in [9.17, 15) is 9.18 Å². The van der Waals surface area contributed by atoms with Crippen molar-refractivity contribution in [2.75, 3.05) is 19.8 Å². The fraction of sp³-hybridized carbons (Fsp3) is 0.778. The molecule has 1 amide bonds. The van der Waals surface area contributed by atoms with Crippen LogP contribution in [-0.2, 0) is 23.1 Å². The zero-order valence-corrected chi connectivity index (χ0v) is 15.1. The molecule has 3 rings (SSSR count). The number of carbonyl (C=O) groups is 1. The number of amides is 1. The van der Waals surface area contributed by atoms with Crippen LogP contribution < -0.4 is 10.6 Å². The topological polar surface area (TPSA) is 68.2 Å².